The van der Waals surface area contributed by atoms with Crippen LogP contribution in [0.2, 0.25) is 0 Å². The van der Waals surface area contributed by atoms with Crippen LogP contribution in [0.1, 0.15) is 11.3 Å². The van der Waals surface area contributed by atoms with Gasteiger partial charge in [0.1, 0.15) is 19.3 Å². The molecule has 0 fully saturated rings. The monoisotopic (exact) mass is 570 g/mol. The number of rotatable bonds is 15. The van der Waals surface area contributed by atoms with Crippen molar-refractivity contribution >= 4 is 15.9 Å². The number of benzene rings is 2. The zero-order valence-electron chi connectivity index (χ0n) is 23.1. The van der Waals surface area contributed by atoms with Gasteiger partial charge in [0.2, 0.25) is 5.88 Å². The summed E-state index contributed by atoms with van der Waals surface area (Å²) in [4.78, 5) is 4.57. The van der Waals surface area contributed by atoms with Gasteiger partial charge in [0.15, 0.2) is 0 Å². The van der Waals surface area contributed by atoms with Gasteiger partial charge < -0.3 is 28.0 Å². The molecule has 0 N–H and O–H groups in total. The van der Waals surface area contributed by atoms with Crippen LogP contribution in [0.4, 0.5) is 5.88 Å². The van der Waals surface area contributed by atoms with Crippen molar-refractivity contribution in [2.45, 2.75) is 25.5 Å². The summed E-state index contributed by atoms with van der Waals surface area (Å²) in [6.45, 7) is 5.11. The minimum atomic E-state index is -4.11. The van der Waals surface area contributed by atoms with Gasteiger partial charge in [-0.2, -0.15) is 0 Å². The van der Waals surface area contributed by atoms with Gasteiger partial charge in [-0.25, -0.2) is 17.7 Å². The van der Waals surface area contributed by atoms with Crippen LogP contribution in [0.25, 0.3) is 22.5 Å². The van der Waals surface area contributed by atoms with E-state index in [0.29, 0.717) is 43.4 Å². The lowest BCUT2D eigenvalue weighted by Crippen LogP contribution is -2.34. The Balaban J connectivity index is 1.64. The summed E-state index contributed by atoms with van der Waals surface area (Å²) >= 11 is 0. The van der Waals surface area contributed by atoms with Gasteiger partial charge in [0.05, 0.1) is 37.0 Å². The Bertz CT molecular complexity index is 1480. The van der Waals surface area contributed by atoms with Crippen LogP contribution >= 0.6 is 0 Å². The highest BCUT2D eigenvalue weighted by atomic mass is 32.2. The number of aromatic nitrogens is 3. The number of aryl methyl sites for hydroxylation is 1. The van der Waals surface area contributed by atoms with Gasteiger partial charge in [-0.05, 0) is 25.5 Å². The van der Waals surface area contributed by atoms with E-state index in [1.54, 1.807) is 58.5 Å². The lowest BCUT2D eigenvalue weighted by molar-refractivity contribution is 0.0348. The van der Waals surface area contributed by atoms with Crippen molar-refractivity contribution in [3.8, 4) is 22.5 Å². The van der Waals surface area contributed by atoms with E-state index in [1.807, 2.05) is 35.0 Å². The second-order valence-corrected chi connectivity index (χ2v) is 10.7. The van der Waals surface area contributed by atoms with Crippen LogP contribution in [-0.2, 0) is 35.7 Å². The molecule has 0 atom stereocenters. The summed E-state index contributed by atoms with van der Waals surface area (Å²) < 4.78 is 57.9. The van der Waals surface area contributed by atoms with E-state index in [2.05, 4.69) is 10.1 Å². The molecule has 0 spiro atoms. The molecule has 0 radical (unpaired) electrons. The Kier molecular flexibility index (Phi) is 10.1. The lowest BCUT2D eigenvalue weighted by Gasteiger charge is -2.23. The maximum Gasteiger partial charge on any atom is 0.269 e. The van der Waals surface area contributed by atoms with Crippen molar-refractivity contribution in [2.24, 2.45) is 0 Å². The summed E-state index contributed by atoms with van der Waals surface area (Å²) in [6.07, 6.45) is 3.55. The van der Waals surface area contributed by atoms with Crippen molar-refractivity contribution in [1.82, 2.24) is 14.7 Å². The maximum absolute atomic E-state index is 14.1. The predicted molar refractivity (Wildman–Crippen MR) is 149 cm³/mol. The van der Waals surface area contributed by atoms with Gasteiger partial charge in [0, 0.05) is 43.3 Å². The van der Waals surface area contributed by atoms with Gasteiger partial charge in [-0.15, -0.1) is 0 Å². The fourth-order valence-electron chi connectivity index (χ4n) is 3.99. The molecule has 12 heteroatoms. The quantitative estimate of drug-likeness (QED) is 0.153. The third-order valence-electron chi connectivity index (χ3n) is 6.29. The van der Waals surface area contributed by atoms with E-state index in [-0.39, 0.29) is 24.1 Å². The Labute approximate surface area is 234 Å². The number of methoxy groups -OCH3 is 2. The lowest BCUT2D eigenvalue weighted by atomic mass is 10.0. The molecule has 0 aliphatic rings. The number of nitrogens with zero attached hydrogens (tertiary/aromatic N) is 4. The number of ether oxygens (including phenoxy) is 4. The molecule has 0 aliphatic carbocycles. The Morgan fingerprint density at radius 3 is 2.25 bits per heavy atom. The van der Waals surface area contributed by atoms with Gasteiger partial charge in [-0.3, -0.25) is 0 Å². The van der Waals surface area contributed by atoms with Crippen molar-refractivity contribution in [2.75, 3.05) is 51.7 Å². The summed E-state index contributed by atoms with van der Waals surface area (Å²) in [5.74, 6) is 0.847. The molecule has 0 amide bonds. The Morgan fingerprint density at radius 1 is 0.900 bits per heavy atom. The SMILES string of the molecule is COCCOCN(c1onc(C)c1C)S(=O)(=O)c1ccccc1-c1ccc(-c2nccn2COCCOC)cc1. The van der Waals surface area contributed by atoms with Crippen molar-refractivity contribution in [3.05, 3.63) is 72.2 Å². The zero-order valence-corrected chi connectivity index (χ0v) is 23.9. The fourth-order valence-corrected chi connectivity index (χ4v) is 5.54. The van der Waals surface area contributed by atoms with E-state index in [4.69, 9.17) is 23.5 Å². The highest BCUT2D eigenvalue weighted by Crippen LogP contribution is 2.34. The summed E-state index contributed by atoms with van der Waals surface area (Å²) in [6, 6.07) is 14.4. The number of hydrogen-bond donors (Lipinski definition) is 0. The minimum absolute atomic E-state index is 0.111. The van der Waals surface area contributed by atoms with E-state index in [0.717, 1.165) is 21.3 Å². The zero-order chi connectivity index (χ0) is 28.5. The highest BCUT2D eigenvalue weighted by molar-refractivity contribution is 7.93. The van der Waals surface area contributed by atoms with Gasteiger partial charge in [0.25, 0.3) is 10.0 Å². The molecule has 0 bridgehead atoms. The van der Waals surface area contributed by atoms with Crippen molar-refractivity contribution < 1.29 is 31.9 Å². The summed E-state index contributed by atoms with van der Waals surface area (Å²) in [5.41, 5.74) is 3.34. The normalized spacial score (nSPS) is 11.7. The Morgan fingerprint density at radius 2 is 1.57 bits per heavy atom. The molecule has 2 heterocycles. The molecule has 2 aromatic heterocycles. The molecule has 2 aromatic carbocycles. The van der Waals surface area contributed by atoms with E-state index in [1.165, 1.54) is 0 Å². The number of sulfonamides is 1. The third-order valence-corrected chi connectivity index (χ3v) is 8.05. The van der Waals surface area contributed by atoms with Gasteiger partial charge >= 0.3 is 0 Å². The topological polar surface area (TPSA) is 118 Å². The largest absolute Gasteiger partial charge is 0.382 e. The summed E-state index contributed by atoms with van der Waals surface area (Å²) in [5, 5.41) is 3.95. The first-order valence-electron chi connectivity index (χ1n) is 12.7. The summed E-state index contributed by atoms with van der Waals surface area (Å²) in [7, 11) is -0.938. The van der Waals surface area contributed by atoms with Gasteiger partial charge in [-0.1, -0.05) is 47.6 Å². The molecule has 4 rings (SSSR count). The highest BCUT2D eigenvalue weighted by Gasteiger charge is 2.32. The number of hydrogen-bond acceptors (Lipinski definition) is 9. The average molecular weight is 571 g/mol. The van der Waals surface area contributed by atoms with E-state index >= 15 is 0 Å². The molecule has 0 aliphatic heterocycles. The van der Waals surface area contributed by atoms with Crippen LogP contribution in [0.5, 0.6) is 0 Å². The smallest absolute Gasteiger partial charge is 0.269 e. The van der Waals surface area contributed by atoms with Crippen LogP contribution in [0.15, 0.2) is 70.3 Å². The first-order chi connectivity index (χ1) is 19.4. The van der Waals surface area contributed by atoms with Crippen LogP contribution in [0.3, 0.4) is 0 Å². The molecule has 11 nitrogen and oxygen atoms in total. The molecule has 4 aromatic rings. The predicted octanol–water partition coefficient (Wildman–Crippen LogP) is 4.26. The van der Waals surface area contributed by atoms with E-state index in [9.17, 15) is 8.42 Å². The minimum Gasteiger partial charge on any atom is -0.382 e. The number of anilines is 1. The van der Waals surface area contributed by atoms with Crippen LogP contribution < -0.4 is 4.31 Å². The molecule has 0 unspecified atom stereocenters. The molecule has 0 saturated heterocycles. The first kappa shape index (κ1) is 29.4. The third kappa shape index (κ3) is 6.60. The molecular weight excluding hydrogens is 536 g/mol. The maximum atomic E-state index is 14.1. The molecular formula is C28H34N4O7S. The molecule has 40 heavy (non-hydrogen) atoms. The second kappa shape index (κ2) is 13.7. The van der Waals surface area contributed by atoms with Crippen LogP contribution in [-0.4, -0.2) is 70.5 Å². The average Bonchev–Trinajstić information content (AvgIpc) is 3.57. The van der Waals surface area contributed by atoms with Crippen molar-refractivity contribution in [1.29, 1.82) is 0 Å². The fraction of sp³-hybridized carbons (Fsp3) is 0.357. The van der Waals surface area contributed by atoms with Crippen molar-refractivity contribution in [3.63, 3.8) is 0 Å². The molecule has 214 valence electrons. The number of imidazole rings is 1. The van der Waals surface area contributed by atoms with Crippen LogP contribution in [0, 0.1) is 13.8 Å². The Hall–Kier alpha value is -3.55. The molecule has 0 saturated carbocycles. The standard InChI is InChI=1S/C28H34N4O7S/c1-21-22(2)30-39-28(21)32(20-38-18-16-36-4)40(33,34)26-8-6-5-7-25(26)23-9-11-24(12-10-23)27-29-13-14-31(27)19-37-17-15-35-3/h5-14H,15-20H2,1-4H3. The second-order valence-electron chi connectivity index (χ2n) is 8.91. The first-order valence-corrected chi connectivity index (χ1v) is 14.1. The van der Waals surface area contributed by atoms with E-state index < -0.39 is 10.0 Å².